The fraction of sp³-hybridized carbons (Fsp3) is 0.417. The van der Waals surface area contributed by atoms with Crippen LogP contribution in [0.3, 0.4) is 0 Å². The third kappa shape index (κ3) is 2.47. The fourth-order valence-electron chi connectivity index (χ4n) is 1.77. The van der Waals surface area contributed by atoms with Crippen molar-refractivity contribution in [3.63, 3.8) is 0 Å². The van der Waals surface area contributed by atoms with Crippen molar-refractivity contribution in [3.8, 4) is 0 Å². The number of carbonyl (C=O) groups is 1. The van der Waals surface area contributed by atoms with E-state index in [4.69, 9.17) is 11.6 Å². The van der Waals surface area contributed by atoms with Gasteiger partial charge in [-0.2, -0.15) is 5.10 Å². The standard InChI is InChI=1S/C12H14ClN3OS/c1-4-16-10(12(13)7(2)15-16)5-11(17)9-6-18-8(3)14-9/h6H,4-5H2,1-3H3. The van der Waals surface area contributed by atoms with Crippen LogP contribution in [0.5, 0.6) is 0 Å². The molecule has 0 radical (unpaired) electrons. The molecule has 0 spiro atoms. The van der Waals surface area contributed by atoms with E-state index in [9.17, 15) is 4.79 Å². The van der Waals surface area contributed by atoms with Crippen LogP contribution in [0, 0.1) is 13.8 Å². The van der Waals surface area contributed by atoms with E-state index >= 15 is 0 Å². The number of carbonyl (C=O) groups excluding carboxylic acids is 1. The highest BCUT2D eigenvalue weighted by atomic mass is 35.5. The third-order valence-electron chi connectivity index (χ3n) is 2.69. The van der Waals surface area contributed by atoms with Gasteiger partial charge in [0.2, 0.25) is 0 Å². The fourth-order valence-corrected chi connectivity index (χ4v) is 2.59. The highest BCUT2D eigenvalue weighted by Gasteiger charge is 2.18. The Morgan fingerprint density at radius 1 is 1.50 bits per heavy atom. The van der Waals surface area contributed by atoms with Crippen LogP contribution in [-0.4, -0.2) is 20.5 Å². The summed E-state index contributed by atoms with van der Waals surface area (Å²) in [5, 5.41) is 7.55. The van der Waals surface area contributed by atoms with E-state index < -0.39 is 0 Å². The van der Waals surface area contributed by atoms with E-state index in [2.05, 4.69) is 10.1 Å². The number of aromatic nitrogens is 3. The molecule has 2 rings (SSSR count). The Labute approximate surface area is 115 Å². The van der Waals surface area contributed by atoms with E-state index in [0.717, 1.165) is 16.4 Å². The maximum atomic E-state index is 12.1. The lowest BCUT2D eigenvalue weighted by Crippen LogP contribution is -2.10. The molecule has 2 heterocycles. The van der Waals surface area contributed by atoms with Crippen molar-refractivity contribution >= 4 is 28.7 Å². The molecule has 0 amide bonds. The number of nitrogens with zero attached hydrogens (tertiary/aromatic N) is 3. The molecule has 0 saturated carbocycles. The summed E-state index contributed by atoms with van der Waals surface area (Å²) in [5.41, 5.74) is 2.04. The lowest BCUT2D eigenvalue weighted by atomic mass is 10.1. The highest BCUT2D eigenvalue weighted by molar-refractivity contribution is 7.09. The topological polar surface area (TPSA) is 47.8 Å². The first kappa shape index (κ1) is 13.2. The average Bonchev–Trinajstić information content (AvgIpc) is 2.88. The van der Waals surface area contributed by atoms with Crippen LogP contribution in [0.2, 0.25) is 5.02 Å². The number of aryl methyl sites for hydroxylation is 3. The van der Waals surface area contributed by atoms with E-state index in [0.29, 0.717) is 17.3 Å². The number of rotatable bonds is 4. The molecule has 0 saturated heterocycles. The molecule has 0 fully saturated rings. The predicted octanol–water partition coefficient (Wildman–Crippen LogP) is 3.06. The second-order valence-corrected chi connectivity index (χ2v) is 5.45. The molecule has 6 heteroatoms. The summed E-state index contributed by atoms with van der Waals surface area (Å²) < 4.78 is 1.77. The zero-order valence-electron chi connectivity index (χ0n) is 10.5. The Hall–Kier alpha value is -1.20. The van der Waals surface area contributed by atoms with Gasteiger partial charge in [-0.3, -0.25) is 9.48 Å². The van der Waals surface area contributed by atoms with E-state index in [1.807, 2.05) is 20.8 Å². The van der Waals surface area contributed by atoms with Crippen LogP contribution in [0.15, 0.2) is 5.38 Å². The summed E-state index contributed by atoms with van der Waals surface area (Å²) >= 11 is 7.65. The zero-order chi connectivity index (χ0) is 13.3. The molecular weight excluding hydrogens is 270 g/mol. The molecule has 0 aliphatic rings. The van der Waals surface area contributed by atoms with Gasteiger partial charge in [0, 0.05) is 11.9 Å². The maximum Gasteiger partial charge on any atom is 0.188 e. The van der Waals surface area contributed by atoms with Crippen molar-refractivity contribution in [2.45, 2.75) is 33.7 Å². The molecule has 96 valence electrons. The highest BCUT2D eigenvalue weighted by Crippen LogP contribution is 2.22. The average molecular weight is 284 g/mol. The number of thiazole rings is 1. The van der Waals surface area contributed by atoms with Crippen molar-refractivity contribution in [2.75, 3.05) is 0 Å². The second kappa shape index (κ2) is 5.20. The van der Waals surface area contributed by atoms with Gasteiger partial charge in [0.05, 0.1) is 27.8 Å². The van der Waals surface area contributed by atoms with Gasteiger partial charge in [-0.05, 0) is 20.8 Å². The van der Waals surface area contributed by atoms with Crippen LogP contribution in [0.1, 0.15) is 33.8 Å². The van der Waals surface area contributed by atoms with Gasteiger partial charge in [-0.1, -0.05) is 11.6 Å². The van der Waals surface area contributed by atoms with Gasteiger partial charge in [0.25, 0.3) is 0 Å². The lowest BCUT2D eigenvalue weighted by molar-refractivity contribution is 0.0986. The Morgan fingerprint density at radius 3 is 2.78 bits per heavy atom. The minimum Gasteiger partial charge on any atom is -0.292 e. The van der Waals surface area contributed by atoms with Crippen molar-refractivity contribution in [1.82, 2.24) is 14.8 Å². The van der Waals surface area contributed by atoms with Crippen molar-refractivity contribution in [1.29, 1.82) is 0 Å². The summed E-state index contributed by atoms with van der Waals surface area (Å²) in [6.45, 7) is 6.40. The number of ketones is 1. The first-order valence-electron chi connectivity index (χ1n) is 5.70. The largest absolute Gasteiger partial charge is 0.292 e. The summed E-state index contributed by atoms with van der Waals surface area (Å²) in [6, 6.07) is 0. The quantitative estimate of drug-likeness (QED) is 0.810. The van der Waals surface area contributed by atoms with Crippen LogP contribution < -0.4 is 0 Å². The van der Waals surface area contributed by atoms with Gasteiger partial charge in [-0.15, -0.1) is 11.3 Å². The molecule has 4 nitrogen and oxygen atoms in total. The summed E-state index contributed by atoms with van der Waals surface area (Å²) in [5.74, 6) is -0.0177. The molecule has 0 aliphatic carbocycles. The van der Waals surface area contributed by atoms with Gasteiger partial charge in [-0.25, -0.2) is 4.98 Å². The Kier molecular flexibility index (Phi) is 3.82. The molecular formula is C12H14ClN3OS. The Balaban J connectivity index is 2.26. The molecule has 0 unspecified atom stereocenters. The minimum absolute atomic E-state index is 0.0177. The van der Waals surface area contributed by atoms with Gasteiger partial charge >= 0.3 is 0 Å². The SMILES string of the molecule is CCn1nc(C)c(Cl)c1CC(=O)c1csc(C)n1. The van der Waals surface area contributed by atoms with E-state index in [1.54, 1.807) is 10.1 Å². The number of halogens is 1. The van der Waals surface area contributed by atoms with Gasteiger partial charge in [0.15, 0.2) is 5.78 Å². The van der Waals surface area contributed by atoms with Crippen LogP contribution in [0.25, 0.3) is 0 Å². The maximum absolute atomic E-state index is 12.1. The predicted molar refractivity (Wildman–Crippen MR) is 72.5 cm³/mol. The monoisotopic (exact) mass is 283 g/mol. The molecule has 0 aliphatic heterocycles. The lowest BCUT2D eigenvalue weighted by Gasteiger charge is -2.03. The molecule has 0 N–H and O–H groups in total. The summed E-state index contributed by atoms with van der Waals surface area (Å²) in [6.07, 6.45) is 0.247. The molecule has 0 aromatic carbocycles. The normalized spacial score (nSPS) is 10.9. The first-order valence-corrected chi connectivity index (χ1v) is 6.95. The first-order chi connectivity index (χ1) is 8.52. The molecule has 2 aromatic heterocycles. The van der Waals surface area contributed by atoms with Crippen molar-refractivity contribution in [3.05, 3.63) is 32.5 Å². The van der Waals surface area contributed by atoms with E-state index in [1.165, 1.54) is 11.3 Å². The minimum atomic E-state index is -0.0177. The Morgan fingerprint density at radius 2 is 2.22 bits per heavy atom. The van der Waals surface area contributed by atoms with E-state index in [-0.39, 0.29) is 12.2 Å². The smallest absolute Gasteiger partial charge is 0.188 e. The number of hydrogen-bond acceptors (Lipinski definition) is 4. The van der Waals surface area contributed by atoms with Gasteiger partial charge in [0.1, 0.15) is 5.69 Å². The van der Waals surface area contributed by atoms with Crippen molar-refractivity contribution in [2.24, 2.45) is 0 Å². The molecule has 0 atom stereocenters. The zero-order valence-corrected chi connectivity index (χ0v) is 12.1. The molecule has 2 aromatic rings. The number of hydrogen-bond donors (Lipinski definition) is 0. The second-order valence-electron chi connectivity index (χ2n) is 4.01. The Bertz CT molecular complexity index is 588. The van der Waals surface area contributed by atoms with Crippen LogP contribution in [0.4, 0.5) is 0 Å². The van der Waals surface area contributed by atoms with Crippen LogP contribution in [-0.2, 0) is 13.0 Å². The molecule has 18 heavy (non-hydrogen) atoms. The van der Waals surface area contributed by atoms with Gasteiger partial charge < -0.3 is 0 Å². The van der Waals surface area contributed by atoms with Crippen LogP contribution >= 0.6 is 22.9 Å². The number of Topliss-reactive ketones (excluding diaryl/α,β-unsaturated/α-hetero) is 1. The summed E-state index contributed by atoms with van der Waals surface area (Å²) in [4.78, 5) is 16.3. The molecule has 0 bridgehead atoms. The summed E-state index contributed by atoms with van der Waals surface area (Å²) in [7, 11) is 0. The van der Waals surface area contributed by atoms with Crippen molar-refractivity contribution < 1.29 is 4.79 Å². The third-order valence-corrected chi connectivity index (χ3v) is 3.95.